The fraction of sp³-hybridized carbons (Fsp3) is 0.357. The Morgan fingerprint density at radius 1 is 1.45 bits per heavy atom. The quantitative estimate of drug-likeness (QED) is 0.910. The number of likely N-dealkylation sites (tertiary alicyclic amines) is 1. The molecule has 2 aromatic rings. The number of carbonyl (C=O) groups is 1. The van der Waals surface area contributed by atoms with Gasteiger partial charge in [0.25, 0.3) is 0 Å². The highest BCUT2D eigenvalue weighted by Crippen LogP contribution is 2.22. The zero-order valence-electron chi connectivity index (χ0n) is 11.1. The molecule has 0 aliphatic carbocycles. The van der Waals surface area contributed by atoms with Crippen molar-refractivity contribution in [3.05, 3.63) is 35.7 Å². The fourth-order valence-corrected chi connectivity index (χ4v) is 2.30. The lowest BCUT2D eigenvalue weighted by atomic mass is 10.0. The minimum absolute atomic E-state index is 0.270. The number of aryl methyl sites for hydroxylation is 1. The van der Waals surface area contributed by atoms with Crippen molar-refractivity contribution in [1.29, 1.82) is 0 Å². The summed E-state index contributed by atoms with van der Waals surface area (Å²) in [6.45, 7) is 3.58. The number of benzene rings is 1. The molecule has 6 heteroatoms. The zero-order valence-corrected chi connectivity index (χ0v) is 11.1. The number of carboxylic acid groups (broad SMARTS) is 1. The van der Waals surface area contributed by atoms with Gasteiger partial charge in [0, 0.05) is 18.7 Å². The average Bonchev–Trinajstić information content (AvgIpc) is 2.81. The highest BCUT2D eigenvalue weighted by molar-refractivity contribution is 5.71. The maximum Gasteiger partial charge on any atom is 0.309 e. The molecule has 0 unspecified atom stereocenters. The SMILES string of the molecule is Cc1ccccc1-c1noc(CN2CC(C(=O)O)C2)n1. The van der Waals surface area contributed by atoms with Crippen molar-refractivity contribution >= 4 is 5.97 Å². The number of hydrogen-bond donors (Lipinski definition) is 1. The second kappa shape index (κ2) is 5.05. The number of hydrogen-bond acceptors (Lipinski definition) is 5. The number of aromatic nitrogens is 2. The third-order valence-corrected chi connectivity index (χ3v) is 3.52. The molecule has 20 heavy (non-hydrogen) atoms. The topological polar surface area (TPSA) is 79.5 Å². The Morgan fingerprint density at radius 2 is 2.20 bits per heavy atom. The van der Waals surface area contributed by atoms with Crippen LogP contribution >= 0.6 is 0 Å². The molecule has 1 saturated heterocycles. The van der Waals surface area contributed by atoms with Crippen LogP contribution in [0.15, 0.2) is 28.8 Å². The zero-order chi connectivity index (χ0) is 14.1. The fourth-order valence-electron chi connectivity index (χ4n) is 2.30. The van der Waals surface area contributed by atoms with Crippen LogP contribution in [0.2, 0.25) is 0 Å². The van der Waals surface area contributed by atoms with Gasteiger partial charge in [0.1, 0.15) is 0 Å². The molecular formula is C14H15N3O3. The summed E-state index contributed by atoms with van der Waals surface area (Å²) in [5.41, 5.74) is 2.05. The van der Waals surface area contributed by atoms with Gasteiger partial charge >= 0.3 is 5.97 Å². The lowest BCUT2D eigenvalue weighted by Gasteiger charge is -2.35. The largest absolute Gasteiger partial charge is 0.481 e. The minimum atomic E-state index is -0.743. The van der Waals surface area contributed by atoms with Gasteiger partial charge in [-0.2, -0.15) is 4.98 Å². The van der Waals surface area contributed by atoms with Gasteiger partial charge in [-0.15, -0.1) is 0 Å². The molecule has 0 radical (unpaired) electrons. The molecule has 1 fully saturated rings. The van der Waals surface area contributed by atoms with E-state index in [1.54, 1.807) is 0 Å². The molecule has 0 bridgehead atoms. The smallest absolute Gasteiger partial charge is 0.309 e. The average molecular weight is 273 g/mol. The first-order valence-corrected chi connectivity index (χ1v) is 6.47. The van der Waals surface area contributed by atoms with E-state index < -0.39 is 5.97 Å². The molecule has 1 aliphatic heterocycles. The monoisotopic (exact) mass is 273 g/mol. The predicted molar refractivity (Wildman–Crippen MR) is 70.9 cm³/mol. The van der Waals surface area contributed by atoms with Gasteiger partial charge < -0.3 is 9.63 Å². The molecule has 1 aliphatic rings. The summed E-state index contributed by atoms with van der Waals surface area (Å²) in [6.07, 6.45) is 0. The number of nitrogens with zero attached hydrogens (tertiary/aromatic N) is 3. The van der Waals surface area contributed by atoms with E-state index in [0.29, 0.717) is 31.3 Å². The van der Waals surface area contributed by atoms with E-state index in [-0.39, 0.29) is 5.92 Å². The predicted octanol–water partition coefficient (Wildman–Crippen LogP) is 1.56. The summed E-state index contributed by atoms with van der Waals surface area (Å²) in [6, 6.07) is 7.85. The number of aliphatic carboxylic acids is 1. The summed E-state index contributed by atoms with van der Waals surface area (Å²) in [4.78, 5) is 17.1. The second-order valence-corrected chi connectivity index (χ2v) is 5.06. The van der Waals surface area contributed by atoms with Crippen LogP contribution < -0.4 is 0 Å². The van der Waals surface area contributed by atoms with Gasteiger partial charge in [0.15, 0.2) is 0 Å². The summed E-state index contributed by atoms with van der Waals surface area (Å²) in [7, 11) is 0. The molecule has 0 atom stereocenters. The van der Waals surface area contributed by atoms with Crippen LogP contribution in [0, 0.1) is 12.8 Å². The van der Waals surface area contributed by atoms with Crippen molar-refractivity contribution in [3.63, 3.8) is 0 Å². The van der Waals surface area contributed by atoms with Gasteiger partial charge in [-0.3, -0.25) is 9.69 Å². The molecule has 6 nitrogen and oxygen atoms in total. The molecule has 0 amide bonds. The third-order valence-electron chi connectivity index (χ3n) is 3.52. The van der Waals surface area contributed by atoms with Crippen LogP contribution in [-0.4, -0.2) is 39.2 Å². The van der Waals surface area contributed by atoms with Crippen molar-refractivity contribution in [3.8, 4) is 11.4 Å². The van der Waals surface area contributed by atoms with E-state index in [2.05, 4.69) is 10.1 Å². The van der Waals surface area contributed by atoms with Crippen LogP contribution in [0.3, 0.4) is 0 Å². The number of rotatable bonds is 4. The molecule has 2 heterocycles. The van der Waals surface area contributed by atoms with Crippen molar-refractivity contribution in [2.24, 2.45) is 5.92 Å². The van der Waals surface area contributed by atoms with E-state index in [9.17, 15) is 4.79 Å². The first-order chi connectivity index (χ1) is 9.63. The van der Waals surface area contributed by atoms with E-state index in [1.807, 2.05) is 36.1 Å². The highest BCUT2D eigenvalue weighted by atomic mass is 16.5. The van der Waals surface area contributed by atoms with Crippen molar-refractivity contribution < 1.29 is 14.4 Å². The Kier molecular flexibility index (Phi) is 3.23. The Bertz CT molecular complexity index is 632. The highest BCUT2D eigenvalue weighted by Gasteiger charge is 2.33. The Labute approximate surface area is 116 Å². The maximum atomic E-state index is 10.7. The second-order valence-electron chi connectivity index (χ2n) is 5.06. The Morgan fingerprint density at radius 3 is 2.90 bits per heavy atom. The molecule has 3 rings (SSSR count). The van der Waals surface area contributed by atoms with E-state index in [4.69, 9.17) is 9.63 Å². The van der Waals surface area contributed by atoms with Crippen LogP contribution in [0.4, 0.5) is 0 Å². The lowest BCUT2D eigenvalue weighted by molar-refractivity contribution is -0.147. The molecule has 0 spiro atoms. The first kappa shape index (κ1) is 12.8. The summed E-state index contributed by atoms with van der Waals surface area (Å²) >= 11 is 0. The molecule has 104 valence electrons. The van der Waals surface area contributed by atoms with Crippen LogP contribution in [0.5, 0.6) is 0 Å². The van der Waals surface area contributed by atoms with Crippen LogP contribution in [-0.2, 0) is 11.3 Å². The number of carboxylic acids is 1. The van der Waals surface area contributed by atoms with Crippen molar-refractivity contribution in [1.82, 2.24) is 15.0 Å². The molecule has 1 aromatic heterocycles. The lowest BCUT2D eigenvalue weighted by Crippen LogP contribution is -2.49. The standard InChI is InChI=1S/C14H15N3O3/c1-9-4-2-3-5-11(9)13-15-12(20-16-13)8-17-6-10(7-17)14(18)19/h2-5,10H,6-8H2,1H3,(H,18,19). The van der Waals surface area contributed by atoms with E-state index in [1.165, 1.54) is 0 Å². The molecular weight excluding hydrogens is 258 g/mol. The first-order valence-electron chi connectivity index (χ1n) is 6.47. The van der Waals surface area contributed by atoms with E-state index in [0.717, 1.165) is 11.1 Å². The van der Waals surface area contributed by atoms with Crippen molar-refractivity contribution in [2.45, 2.75) is 13.5 Å². The third kappa shape index (κ3) is 2.42. The summed E-state index contributed by atoms with van der Waals surface area (Å²) in [5, 5.41) is 12.8. The van der Waals surface area contributed by atoms with Gasteiger partial charge in [-0.05, 0) is 12.5 Å². The molecule has 0 saturated carbocycles. The van der Waals surface area contributed by atoms with Gasteiger partial charge in [-0.1, -0.05) is 29.4 Å². The maximum absolute atomic E-state index is 10.7. The van der Waals surface area contributed by atoms with Gasteiger partial charge in [0.05, 0.1) is 12.5 Å². The van der Waals surface area contributed by atoms with Gasteiger partial charge in [0.2, 0.25) is 11.7 Å². The van der Waals surface area contributed by atoms with Crippen LogP contribution in [0.25, 0.3) is 11.4 Å². The Hall–Kier alpha value is -2.21. The molecule has 1 N–H and O–H groups in total. The summed E-state index contributed by atoms with van der Waals surface area (Å²) < 4.78 is 5.23. The normalized spacial score (nSPS) is 16.1. The molecule has 1 aromatic carbocycles. The van der Waals surface area contributed by atoms with Crippen LogP contribution in [0.1, 0.15) is 11.5 Å². The Balaban J connectivity index is 1.66. The van der Waals surface area contributed by atoms with E-state index >= 15 is 0 Å². The van der Waals surface area contributed by atoms with Gasteiger partial charge in [-0.25, -0.2) is 0 Å². The minimum Gasteiger partial charge on any atom is -0.481 e. The van der Waals surface area contributed by atoms with Crippen molar-refractivity contribution in [2.75, 3.05) is 13.1 Å². The summed E-state index contributed by atoms with van der Waals surface area (Å²) in [5.74, 6) is 0.0848.